The summed E-state index contributed by atoms with van der Waals surface area (Å²) in [6, 6.07) is 10.1. The quantitative estimate of drug-likeness (QED) is 0.926. The number of nitrogens with zero attached hydrogens (tertiary/aromatic N) is 2. The molecular weight excluding hydrogens is 250 g/mol. The lowest BCUT2D eigenvalue weighted by Gasteiger charge is -2.24. The summed E-state index contributed by atoms with van der Waals surface area (Å²) in [6.07, 6.45) is 3.84. The van der Waals surface area contributed by atoms with E-state index in [0.29, 0.717) is 6.61 Å². The Hall–Kier alpha value is -2.10. The molecule has 0 saturated heterocycles. The van der Waals surface area contributed by atoms with Crippen LogP contribution in [0.5, 0.6) is 5.75 Å². The lowest BCUT2D eigenvalue weighted by molar-refractivity contribution is 0.258. The van der Waals surface area contributed by atoms with E-state index >= 15 is 0 Å². The number of ether oxygens (including phenoxy) is 1. The molecule has 0 fully saturated rings. The van der Waals surface area contributed by atoms with Crippen molar-refractivity contribution < 1.29 is 4.74 Å². The minimum absolute atomic E-state index is 0.230. The number of hydrogen-bond acceptors (Lipinski definition) is 4. The van der Waals surface area contributed by atoms with Crippen LogP contribution in [-0.2, 0) is 6.42 Å². The zero-order valence-corrected chi connectivity index (χ0v) is 11.7. The van der Waals surface area contributed by atoms with Crippen LogP contribution in [-0.4, -0.2) is 23.1 Å². The van der Waals surface area contributed by atoms with Gasteiger partial charge in [0.2, 0.25) is 0 Å². The van der Waals surface area contributed by atoms with Crippen molar-refractivity contribution in [1.29, 1.82) is 0 Å². The van der Waals surface area contributed by atoms with Crippen LogP contribution in [0.2, 0.25) is 0 Å². The fourth-order valence-corrected chi connectivity index (χ4v) is 2.42. The van der Waals surface area contributed by atoms with Crippen molar-refractivity contribution >= 4 is 5.82 Å². The van der Waals surface area contributed by atoms with Gasteiger partial charge in [0.05, 0.1) is 12.5 Å². The van der Waals surface area contributed by atoms with E-state index in [1.807, 2.05) is 30.5 Å². The first kappa shape index (κ1) is 12.9. The average Bonchev–Trinajstić information content (AvgIpc) is 2.53. The van der Waals surface area contributed by atoms with Crippen LogP contribution >= 0.6 is 0 Å². The Labute approximate surface area is 119 Å². The van der Waals surface area contributed by atoms with E-state index in [4.69, 9.17) is 4.74 Å². The van der Waals surface area contributed by atoms with Gasteiger partial charge in [0.15, 0.2) is 0 Å². The summed E-state index contributed by atoms with van der Waals surface area (Å²) >= 11 is 0. The molecule has 3 rings (SSSR count). The molecule has 0 saturated carbocycles. The van der Waals surface area contributed by atoms with Crippen LogP contribution in [0, 0.1) is 0 Å². The van der Waals surface area contributed by atoms with Gasteiger partial charge in [-0.25, -0.2) is 9.97 Å². The fourth-order valence-electron chi connectivity index (χ4n) is 2.42. The third-order valence-electron chi connectivity index (χ3n) is 3.47. The number of nitrogens with one attached hydrogen (secondary N) is 1. The summed E-state index contributed by atoms with van der Waals surface area (Å²) in [4.78, 5) is 9.02. The van der Waals surface area contributed by atoms with Crippen molar-refractivity contribution in [1.82, 2.24) is 9.97 Å². The highest BCUT2D eigenvalue weighted by atomic mass is 16.5. The Morgan fingerprint density at radius 1 is 1.30 bits per heavy atom. The maximum absolute atomic E-state index is 5.81. The molecule has 4 heteroatoms. The van der Waals surface area contributed by atoms with Gasteiger partial charge in [0.1, 0.15) is 17.4 Å². The number of aromatic nitrogens is 2. The summed E-state index contributed by atoms with van der Waals surface area (Å²) in [6.45, 7) is 3.72. The van der Waals surface area contributed by atoms with Gasteiger partial charge >= 0.3 is 0 Å². The van der Waals surface area contributed by atoms with Gasteiger partial charge < -0.3 is 10.1 Å². The van der Waals surface area contributed by atoms with Crippen molar-refractivity contribution in [2.75, 3.05) is 18.5 Å². The first-order chi connectivity index (χ1) is 9.86. The fraction of sp³-hybridized carbons (Fsp3) is 0.375. The van der Waals surface area contributed by atoms with Gasteiger partial charge in [-0.3, -0.25) is 0 Å². The maximum atomic E-state index is 5.81. The van der Waals surface area contributed by atoms with Crippen molar-refractivity contribution in [3.63, 3.8) is 0 Å². The van der Waals surface area contributed by atoms with Crippen LogP contribution in [0.1, 0.15) is 30.7 Å². The van der Waals surface area contributed by atoms with Gasteiger partial charge in [-0.15, -0.1) is 0 Å². The highest BCUT2D eigenvalue weighted by molar-refractivity contribution is 5.38. The molecular formula is C16H19N3O. The molecule has 1 aromatic carbocycles. The Kier molecular flexibility index (Phi) is 3.81. The SMILES string of the molecule is CCCNc1ccnc(C2COc3ccccc3C2)n1. The van der Waals surface area contributed by atoms with E-state index in [1.165, 1.54) is 5.56 Å². The van der Waals surface area contributed by atoms with E-state index in [2.05, 4.69) is 28.3 Å². The second-order valence-electron chi connectivity index (χ2n) is 5.05. The van der Waals surface area contributed by atoms with Gasteiger partial charge in [-0.05, 0) is 30.5 Å². The largest absolute Gasteiger partial charge is 0.493 e. The summed E-state index contributed by atoms with van der Waals surface area (Å²) in [7, 11) is 0. The van der Waals surface area contributed by atoms with Crippen LogP contribution in [0.15, 0.2) is 36.5 Å². The molecule has 2 heterocycles. The zero-order chi connectivity index (χ0) is 13.8. The number of anilines is 1. The normalized spacial score (nSPS) is 17.1. The number of para-hydroxylation sites is 1. The molecule has 1 unspecified atom stereocenters. The van der Waals surface area contributed by atoms with Gasteiger partial charge in [0, 0.05) is 12.7 Å². The lowest BCUT2D eigenvalue weighted by atomic mass is 9.96. The molecule has 20 heavy (non-hydrogen) atoms. The first-order valence-electron chi connectivity index (χ1n) is 7.14. The Bertz CT molecular complexity index is 585. The second kappa shape index (κ2) is 5.90. The predicted molar refractivity (Wildman–Crippen MR) is 79.2 cm³/mol. The van der Waals surface area contributed by atoms with Crippen LogP contribution < -0.4 is 10.1 Å². The van der Waals surface area contributed by atoms with Crippen molar-refractivity contribution in [2.45, 2.75) is 25.7 Å². The molecule has 1 N–H and O–H groups in total. The number of benzene rings is 1. The highest BCUT2D eigenvalue weighted by Crippen LogP contribution is 2.30. The molecule has 1 aliphatic rings. The molecule has 0 bridgehead atoms. The molecule has 1 aromatic heterocycles. The summed E-state index contributed by atoms with van der Waals surface area (Å²) < 4.78 is 5.81. The van der Waals surface area contributed by atoms with Crippen LogP contribution in [0.25, 0.3) is 0 Å². The molecule has 1 aliphatic heterocycles. The second-order valence-corrected chi connectivity index (χ2v) is 5.05. The predicted octanol–water partition coefficient (Wildman–Crippen LogP) is 3.02. The highest BCUT2D eigenvalue weighted by Gasteiger charge is 2.23. The Morgan fingerprint density at radius 2 is 2.20 bits per heavy atom. The average molecular weight is 269 g/mol. The lowest BCUT2D eigenvalue weighted by Crippen LogP contribution is -2.21. The van der Waals surface area contributed by atoms with Crippen molar-refractivity contribution in [2.24, 2.45) is 0 Å². The molecule has 0 amide bonds. The van der Waals surface area contributed by atoms with Gasteiger partial charge in [-0.1, -0.05) is 25.1 Å². The smallest absolute Gasteiger partial charge is 0.137 e. The topological polar surface area (TPSA) is 47.0 Å². The molecule has 104 valence electrons. The third kappa shape index (κ3) is 2.74. The van der Waals surface area contributed by atoms with Gasteiger partial charge in [0.25, 0.3) is 0 Å². The van der Waals surface area contributed by atoms with E-state index in [1.54, 1.807) is 0 Å². The van der Waals surface area contributed by atoms with E-state index in [-0.39, 0.29) is 5.92 Å². The summed E-state index contributed by atoms with van der Waals surface area (Å²) in [5, 5.41) is 3.30. The molecule has 1 atom stereocenters. The van der Waals surface area contributed by atoms with E-state index in [0.717, 1.165) is 36.8 Å². The minimum Gasteiger partial charge on any atom is -0.493 e. The number of hydrogen-bond donors (Lipinski definition) is 1. The van der Waals surface area contributed by atoms with Crippen molar-refractivity contribution in [3.8, 4) is 5.75 Å². The molecule has 0 radical (unpaired) electrons. The summed E-state index contributed by atoms with van der Waals surface area (Å²) in [5.41, 5.74) is 1.24. The van der Waals surface area contributed by atoms with E-state index in [9.17, 15) is 0 Å². The van der Waals surface area contributed by atoms with E-state index < -0.39 is 0 Å². The van der Waals surface area contributed by atoms with Crippen LogP contribution in [0.4, 0.5) is 5.82 Å². The minimum atomic E-state index is 0.230. The maximum Gasteiger partial charge on any atom is 0.137 e. The molecule has 0 aliphatic carbocycles. The summed E-state index contributed by atoms with van der Waals surface area (Å²) in [5.74, 6) is 2.98. The molecule has 0 spiro atoms. The number of rotatable bonds is 4. The first-order valence-corrected chi connectivity index (χ1v) is 7.14. The Morgan fingerprint density at radius 3 is 3.10 bits per heavy atom. The van der Waals surface area contributed by atoms with Crippen molar-refractivity contribution in [3.05, 3.63) is 47.9 Å². The molecule has 4 nitrogen and oxygen atoms in total. The monoisotopic (exact) mass is 269 g/mol. The van der Waals surface area contributed by atoms with Crippen LogP contribution in [0.3, 0.4) is 0 Å². The zero-order valence-electron chi connectivity index (χ0n) is 11.7. The molecule has 2 aromatic rings. The number of fused-ring (bicyclic) bond motifs is 1. The Balaban J connectivity index is 1.77. The van der Waals surface area contributed by atoms with Gasteiger partial charge in [-0.2, -0.15) is 0 Å². The third-order valence-corrected chi connectivity index (χ3v) is 3.47. The standard InChI is InChI=1S/C16H19N3O/c1-2-8-17-15-7-9-18-16(19-15)13-10-12-5-3-4-6-14(12)20-11-13/h3-7,9,13H,2,8,10-11H2,1H3,(H,17,18,19).